The van der Waals surface area contributed by atoms with E-state index in [-0.39, 0.29) is 16.7 Å². The highest BCUT2D eigenvalue weighted by atomic mass is 127. The van der Waals surface area contributed by atoms with Crippen molar-refractivity contribution in [3.05, 3.63) is 73.3 Å². The van der Waals surface area contributed by atoms with Crippen LogP contribution < -0.4 is 5.32 Å². The third-order valence-electron chi connectivity index (χ3n) is 3.23. The summed E-state index contributed by atoms with van der Waals surface area (Å²) in [6.07, 6.45) is 0.592. The molecule has 1 N–H and O–H groups in total. The van der Waals surface area contributed by atoms with Gasteiger partial charge in [0, 0.05) is 21.2 Å². The SMILES string of the molecule is CNC(Cc1ccccc1[N+](=O)[O-])c1ccc(I)cc1. The minimum Gasteiger partial charge on any atom is -0.313 e. The zero-order valence-electron chi connectivity index (χ0n) is 11.0. The van der Waals surface area contributed by atoms with Gasteiger partial charge in [0.2, 0.25) is 0 Å². The Balaban J connectivity index is 2.27. The fourth-order valence-corrected chi connectivity index (χ4v) is 2.52. The van der Waals surface area contributed by atoms with Crippen molar-refractivity contribution in [1.82, 2.24) is 5.32 Å². The van der Waals surface area contributed by atoms with Crippen LogP contribution in [0.3, 0.4) is 0 Å². The van der Waals surface area contributed by atoms with Crippen molar-refractivity contribution in [2.24, 2.45) is 0 Å². The molecule has 0 heterocycles. The molecule has 20 heavy (non-hydrogen) atoms. The van der Waals surface area contributed by atoms with Crippen LogP contribution in [0.2, 0.25) is 0 Å². The van der Waals surface area contributed by atoms with Crippen molar-refractivity contribution in [1.29, 1.82) is 0 Å². The predicted octanol–water partition coefficient (Wildman–Crippen LogP) is 3.70. The second kappa shape index (κ2) is 6.81. The van der Waals surface area contributed by atoms with Gasteiger partial charge in [-0.1, -0.05) is 30.3 Å². The van der Waals surface area contributed by atoms with E-state index in [4.69, 9.17) is 0 Å². The molecule has 0 aliphatic carbocycles. The molecular weight excluding hydrogens is 367 g/mol. The highest BCUT2D eigenvalue weighted by molar-refractivity contribution is 14.1. The molecule has 2 rings (SSSR count). The zero-order chi connectivity index (χ0) is 14.5. The summed E-state index contributed by atoms with van der Waals surface area (Å²) in [6, 6.07) is 15.2. The van der Waals surface area contributed by atoms with Crippen molar-refractivity contribution in [2.45, 2.75) is 12.5 Å². The Labute approximate surface area is 131 Å². The maximum absolute atomic E-state index is 11.1. The number of nitro benzene ring substituents is 1. The first kappa shape index (κ1) is 14.9. The number of benzene rings is 2. The highest BCUT2D eigenvalue weighted by Crippen LogP contribution is 2.25. The fourth-order valence-electron chi connectivity index (χ4n) is 2.16. The molecule has 104 valence electrons. The lowest BCUT2D eigenvalue weighted by atomic mass is 9.98. The summed E-state index contributed by atoms with van der Waals surface area (Å²) in [5.74, 6) is 0. The van der Waals surface area contributed by atoms with Crippen LogP contribution in [-0.2, 0) is 6.42 Å². The number of rotatable bonds is 5. The molecule has 0 saturated carbocycles. The number of nitro groups is 1. The van der Waals surface area contributed by atoms with Crippen LogP contribution in [0.15, 0.2) is 48.5 Å². The van der Waals surface area contributed by atoms with Crippen LogP contribution in [0.5, 0.6) is 0 Å². The van der Waals surface area contributed by atoms with Gasteiger partial charge >= 0.3 is 0 Å². The Bertz CT molecular complexity index is 599. The normalized spacial score (nSPS) is 12.1. The Kier molecular flexibility index (Phi) is 5.08. The number of halogens is 1. The molecule has 0 aromatic heterocycles. The summed E-state index contributed by atoms with van der Waals surface area (Å²) < 4.78 is 1.17. The summed E-state index contributed by atoms with van der Waals surface area (Å²) >= 11 is 2.26. The average molecular weight is 382 g/mol. The lowest BCUT2D eigenvalue weighted by Gasteiger charge is -2.17. The van der Waals surface area contributed by atoms with Crippen LogP contribution in [0.1, 0.15) is 17.2 Å². The third kappa shape index (κ3) is 3.55. The van der Waals surface area contributed by atoms with Gasteiger partial charge in [0.25, 0.3) is 5.69 Å². The Morgan fingerprint density at radius 1 is 1.20 bits per heavy atom. The Morgan fingerprint density at radius 3 is 2.45 bits per heavy atom. The van der Waals surface area contributed by atoms with Gasteiger partial charge < -0.3 is 5.32 Å². The van der Waals surface area contributed by atoms with Crippen LogP contribution in [0, 0.1) is 13.7 Å². The smallest absolute Gasteiger partial charge is 0.272 e. The highest BCUT2D eigenvalue weighted by Gasteiger charge is 2.17. The molecule has 0 radical (unpaired) electrons. The van der Waals surface area contributed by atoms with Crippen LogP contribution in [-0.4, -0.2) is 12.0 Å². The molecule has 0 fully saturated rings. The maximum atomic E-state index is 11.1. The molecule has 4 nitrogen and oxygen atoms in total. The van der Waals surface area contributed by atoms with Gasteiger partial charge in [-0.15, -0.1) is 0 Å². The number of hydrogen-bond donors (Lipinski definition) is 1. The van der Waals surface area contributed by atoms with Gasteiger partial charge in [-0.3, -0.25) is 10.1 Å². The summed E-state index contributed by atoms with van der Waals surface area (Å²) in [6.45, 7) is 0. The number of para-hydroxylation sites is 1. The second-order valence-electron chi connectivity index (χ2n) is 4.48. The number of likely N-dealkylation sites (N-methyl/N-ethyl adjacent to an activating group) is 1. The van der Waals surface area contributed by atoms with Gasteiger partial charge in [-0.2, -0.15) is 0 Å². The zero-order valence-corrected chi connectivity index (χ0v) is 13.2. The predicted molar refractivity (Wildman–Crippen MR) is 87.8 cm³/mol. The lowest BCUT2D eigenvalue weighted by molar-refractivity contribution is -0.385. The van der Waals surface area contributed by atoms with Crippen molar-refractivity contribution in [2.75, 3.05) is 7.05 Å². The van der Waals surface area contributed by atoms with Gasteiger partial charge in [0.1, 0.15) is 0 Å². The summed E-state index contributed by atoms with van der Waals surface area (Å²) in [4.78, 5) is 10.7. The maximum Gasteiger partial charge on any atom is 0.272 e. The minimum atomic E-state index is -0.323. The van der Waals surface area contributed by atoms with Crippen LogP contribution >= 0.6 is 22.6 Å². The first-order valence-corrected chi connectivity index (χ1v) is 7.34. The third-order valence-corrected chi connectivity index (χ3v) is 3.95. The first-order chi connectivity index (χ1) is 9.61. The van der Waals surface area contributed by atoms with Crippen molar-refractivity contribution in [3.63, 3.8) is 0 Å². The van der Waals surface area contributed by atoms with E-state index in [0.717, 1.165) is 11.1 Å². The molecule has 0 spiro atoms. The van der Waals surface area contributed by atoms with Crippen molar-refractivity contribution < 1.29 is 4.92 Å². The molecule has 0 saturated heterocycles. The van der Waals surface area contributed by atoms with E-state index < -0.39 is 0 Å². The standard InChI is InChI=1S/C15H15IN2O2/c1-17-14(11-6-8-13(16)9-7-11)10-12-4-2-3-5-15(12)18(19)20/h2-9,14,17H,10H2,1H3. The van der Waals surface area contributed by atoms with Crippen molar-refractivity contribution >= 4 is 28.3 Å². The molecule has 5 heteroatoms. The van der Waals surface area contributed by atoms with E-state index in [1.54, 1.807) is 12.1 Å². The van der Waals surface area contributed by atoms with Crippen LogP contribution in [0.25, 0.3) is 0 Å². The molecule has 2 aromatic carbocycles. The number of hydrogen-bond acceptors (Lipinski definition) is 3. The minimum absolute atomic E-state index is 0.0631. The fraction of sp³-hybridized carbons (Fsp3) is 0.200. The molecule has 2 aromatic rings. The van der Waals surface area contributed by atoms with E-state index in [2.05, 4.69) is 40.0 Å². The molecular formula is C15H15IN2O2. The first-order valence-electron chi connectivity index (χ1n) is 6.27. The largest absolute Gasteiger partial charge is 0.313 e. The van der Waals surface area contributed by atoms with E-state index in [1.807, 2.05) is 31.3 Å². The van der Waals surface area contributed by atoms with E-state index in [0.29, 0.717) is 6.42 Å². The van der Waals surface area contributed by atoms with Crippen LogP contribution in [0.4, 0.5) is 5.69 Å². The summed E-state index contributed by atoms with van der Waals surface area (Å²) in [5, 5.41) is 14.3. The summed E-state index contributed by atoms with van der Waals surface area (Å²) in [7, 11) is 1.87. The summed E-state index contributed by atoms with van der Waals surface area (Å²) in [5.41, 5.74) is 2.06. The molecule has 0 bridgehead atoms. The molecule has 0 aliphatic heterocycles. The molecule has 0 amide bonds. The van der Waals surface area contributed by atoms with Gasteiger partial charge in [-0.05, 0) is 53.8 Å². The lowest BCUT2D eigenvalue weighted by Crippen LogP contribution is -2.19. The topological polar surface area (TPSA) is 55.2 Å². The van der Waals surface area contributed by atoms with Crippen molar-refractivity contribution in [3.8, 4) is 0 Å². The number of nitrogens with zero attached hydrogens (tertiary/aromatic N) is 1. The van der Waals surface area contributed by atoms with E-state index in [9.17, 15) is 10.1 Å². The quantitative estimate of drug-likeness (QED) is 0.488. The van der Waals surface area contributed by atoms with Gasteiger partial charge in [0.15, 0.2) is 0 Å². The second-order valence-corrected chi connectivity index (χ2v) is 5.73. The number of nitrogens with one attached hydrogen (secondary N) is 1. The average Bonchev–Trinajstić information content (AvgIpc) is 2.46. The molecule has 1 atom stereocenters. The van der Waals surface area contributed by atoms with E-state index in [1.165, 1.54) is 3.57 Å². The Hall–Kier alpha value is -1.47. The molecule has 1 unspecified atom stereocenters. The molecule has 0 aliphatic rings. The van der Waals surface area contributed by atoms with Gasteiger partial charge in [0.05, 0.1) is 4.92 Å². The van der Waals surface area contributed by atoms with Gasteiger partial charge in [-0.25, -0.2) is 0 Å². The monoisotopic (exact) mass is 382 g/mol. The van der Waals surface area contributed by atoms with E-state index >= 15 is 0 Å². The Morgan fingerprint density at radius 2 is 1.85 bits per heavy atom.